The molecule has 6 heteroatoms. The summed E-state index contributed by atoms with van der Waals surface area (Å²) in [6, 6.07) is 0. The highest BCUT2D eigenvalue weighted by Gasteiger charge is 2.14. The highest BCUT2D eigenvalue weighted by Crippen LogP contribution is 2.05. The predicted molar refractivity (Wildman–Crippen MR) is 53.7 cm³/mol. The Hall–Kier alpha value is -1.85. The maximum atomic E-state index is 11.4. The lowest BCUT2D eigenvalue weighted by molar-refractivity contribution is 0.0940. The molecule has 0 aliphatic rings. The van der Waals surface area contributed by atoms with Gasteiger partial charge in [-0.25, -0.2) is 4.98 Å². The molecule has 0 aliphatic carbocycles. The van der Waals surface area contributed by atoms with Crippen molar-refractivity contribution >= 4 is 5.91 Å². The molecule has 0 unspecified atom stereocenters. The van der Waals surface area contributed by atoms with Gasteiger partial charge in [0.2, 0.25) is 5.75 Å². The first-order valence-electron chi connectivity index (χ1n) is 4.57. The van der Waals surface area contributed by atoms with E-state index in [4.69, 9.17) is 0 Å². The SMILES string of the molecule is CC(C)CNC(=O)c1nc[nH]c(=O)c1O. The predicted octanol–water partition coefficient (Wildman–Crippen LogP) is -0.139. The van der Waals surface area contributed by atoms with Gasteiger partial charge in [-0.3, -0.25) is 9.59 Å². The molecule has 0 aliphatic heterocycles. The van der Waals surface area contributed by atoms with E-state index in [1.807, 2.05) is 13.8 Å². The van der Waals surface area contributed by atoms with Crippen LogP contribution in [0.2, 0.25) is 0 Å². The molecule has 0 fully saturated rings. The summed E-state index contributed by atoms with van der Waals surface area (Å²) >= 11 is 0. The zero-order valence-corrected chi connectivity index (χ0v) is 8.57. The molecule has 6 nitrogen and oxygen atoms in total. The van der Waals surface area contributed by atoms with Gasteiger partial charge in [-0.2, -0.15) is 0 Å². The number of aromatic nitrogens is 2. The van der Waals surface area contributed by atoms with Crippen molar-refractivity contribution in [2.45, 2.75) is 13.8 Å². The third-order valence-electron chi connectivity index (χ3n) is 1.71. The molecule has 1 aromatic heterocycles. The van der Waals surface area contributed by atoms with E-state index < -0.39 is 17.2 Å². The van der Waals surface area contributed by atoms with Crippen LogP contribution < -0.4 is 10.9 Å². The number of hydrogen-bond donors (Lipinski definition) is 3. The molecule has 3 N–H and O–H groups in total. The first kappa shape index (κ1) is 11.2. The molecule has 0 aromatic carbocycles. The van der Waals surface area contributed by atoms with Crippen molar-refractivity contribution in [2.75, 3.05) is 6.54 Å². The fourth-order valence-electron chi connectivity index (χ4n) is 0.939. The largest absolute Gasteiger partial charge is 0.501 e. The molecule has 1 amide bonds. The number of aromatic hydroxyl groups is 1. The number of amides is 1. The fraction of sp³-hybridized carbons (Fsp3) is 0.444. The number of H-pyrrole nitrogens is 1. The second-order valence-corrected chi connectivity index (χ2v) is 3.53. The maximum absolute atomic E-state index is 11.4. The number of rotatable bonds is 3. The summed E-state index contributed by atoms with van der Waals surface area (Å²) < 4.78 is 0. The molecule has 1 heterocycles. The topological polar surface area (TPSA) is 95.1 Å². The number of aromatic amines is 1. The van der Waals surface area contributed by atoms with Crippen molar-refractivity contribution in [3.8, 4) is 5.75 Å². The van der Waals surface area contributed by atoms with E-state index >= 15 is 0 Å². The summed E-state index contributed by atoms with van der Waals surface area (Å²) in [6.07, 6.45) is 1.08. The second-order valence-electron chi connectivity index (χ2n) is 3.53. The van der Waals surface area contributed by atoms with E-state index in [0.29, 0.717) is 6.54 Å². The lowest BCUT2D eigenvalue weighted by atomic mass is 10.2. The first-order chi connectivity index (χ1) is 7.02. The number of carbonyl (C=O) groups excluding carboxylic acids is 1. The average molecular weight is 211 g/mol. The number of carbonyl (C=O) groups is 1. The minimum atomic E-state index is -0.723. The van der Waals surface area contributed by atoms with Crippen LogP contribution in [-0.4, -0.2) is 27.5 Å². The van der Waals surface area contributed by atoms with Crippen LogP contribution in [-0.2, 0) is 0 Å². The molecular formula is C9H13N3O3. The number of nitrogens with zero attached hydrogens (tertiary/aromatic N) is 1. The summed E-state index contributed by atoms with van der Waals surface area (Å²) in [5, 5.41) is 11.8. The Labute approximate surface area is 86.4 Å². The Kier molecular flexibility index (Phi) is 3.43. The van der Waals surface area contributed by atoms with Crippen molar-refractivity contribution in [3.63, 3.8) is 0 Å². The van der Waals surface area contributed by atoms with Crippen LogP contribution >= 0.6 is 0 Å². The van der Waals surface area contributed by atoms with Gasteiger partial charge in [0.25, 0.3) is 11.5 Å². The Morgan fingerprint density at radius 1 is 1.67 bits per heavy atom. The lowest BCUT2D eigenvalue weighted by Crippen LogP contribution is -2.29. The molecule has 82 valence electrons. The van der Waals surface area contributed by atoms with Crippen LogP contribution in [0.15, 0.2) is 11.1 Å². The maximum Gasteiger partial charge on any atom is 0.293 e. The summed E-state index contributed by atoms with van der Waals surface area (Å²) in [5.41, 5.74) is -0.973. The van der Waals surface area contributed by atoms with Gasteiger partial charge >= 0.3 is 0 Å². The molecule has 0 bridgehead atoms. The molecule has 1 aromatic rings. The van der Waals surface area contributed by atoms with E-state index in [1.165, 1.54) is 0 Å². The van der Waals surface area contributed by atoms with Gasteiger partial charge in [0, 0.05) is 6.54 Å². The van der Waals surface area contributed by atoms with Gasteiger partial charge in [0.1, 0.15) is 0 Å². The zero-order valence-electron chi connectivity index (χ0n) is 8.57. The van der Waals surface area contributed by atoms with Crippen LogP contribution in [0.3, 0.4) is 0 Å². The van der Waals surface area contributed by atoms with Crippen LogP contribution in [0, 0.1) is 5.92 Å². The van der Waals surface area contributed by atoms with Crippen molar-refractivity contribution in [3.05, 3.63) is 22.4 Å². The lowest BCUT2D eigenvalue weighted by Gasteiger charge is -2.07. The van der Waals surface area contributed by atoms with Gasteiger partial charge in [-0.15, -0.1) is 0 Å². The minimum absolute atomic E-state index is 0.251. The molecule has 1 rings (SSSR count). The van der Waals surface area contributed by atoms with Crippen molar-refractivity contribution in [1.82, 2.24) is 15.3 Å². The average Bonchev–Trinajstić information content (AvgIpc) is 2.18. The minimum Gasteiger partial charge on any atom is -0.501 e. The van der Waals surface area contributed by atoms with Crippen molar-refractivity contribution in [2.24, 2.45) is 5.92 Å². The van der Waals surface area contributed by atoms with Crippen LogP contribution in [0.4, 0.5) is 0 Å². The molecule has 0 atom stereocenters. The van der Waals surface area contributed by atoms with E-state index in [0.717, 1.165) is 6.33 Å². The monoisotopic (exact) mass is 211 g/mol. The van der Waals surface area contributed by atoms with E-state index in [-0.39, 0.29) is 11.6 Å². The van der Waals surface area contributed by atoms with Crippen LogP contribution in [0.25, 0.3) is 0 Å². The fourth-order valence-corrected chi connectivity index (χ4v) is 0.939. The van der Waals surface area contributed by atoms with E-state index in [9.17, 15) is 14.7 Å². The highest BCUT2D eigenvalue weighted by molar-refractivity contribution is 5.94. The molecule has 0 saturated heterocycles. The molecule has 0 spiro atoms. The van der Waals surface area contributed by atoms with Gasteiger partial charge in [0.15, 0.2) is 5.69 Å². The quantitative estimate of drug-likeness (QED) is 0.648. The van der Waals surface area contributed by atoms with Crippen molar-refractivity contribution in [1.29, 1.82) is 0 Å². The normalized spacial score (nSPS) is 10.3. The summed E-state index contributed by atoms with van der Waals surface area (Å²) in [5.74, 6) is -0.913. The first-order valence-corrected chi connectivity index (χ1v) is 4.57. The summed E-state index contributed by atoms with van der Waals surface area (Å²) in [6.45, 7) is 4.34. The van der Waals surface area contributed by atoms with E-state index in [2.05, 4.69) is 15.3 Å². The van der Waals surface area contributed by atoms with Crippen molar-refractivity contribution < 1.29 is 9.90 Å². The van der Waals surface area contributed by atoms with E-state index in [1.54, 1.807) is 0 Å². The second kappa shape index (κ2) is 4.59. The molecule has 0 radical (unpaired) electrons. The highest BCUT2D eigenvalue weighted by atomic mass is 16.3. The van der Waals surface area contributed by atoms with Gasteiger partial charge in [0.05, 0.1) is 6.33 Å². The van der Waals surface area contributed by atoms with Gasteiger partial charge in [-0.1, -0.05) is 13.8 Å². The Bertz CT molecular complexity index is 411. The zero-order chi connectivity index (χ0) is 11.4. The van der Waals surface area contributed by atoms with Crippen LogP contribution in [0.1, 0.15) is 24.3 Å². The Morgan fingerprint density at radius 3 is 2.93 bits per heavy atom. The number of nitrogens with one attached hydrogen (secondary N) is 2. The van der Waals surface area contributed by atoms with Crippen LogP contribution in [0.5, 0.6) is 5.75 Å². The van der Waals surface area contributed by atoms with Gasteiger partial charge in [-0.05, 0) is 5.92 Å². The third kappa shape index (κ3) is 2.80. The molecule has 15 heavy (non-hydrogen) atoms. The molecular weight excluding hydrogens is 198 g/mol. The smallest absolute Gasteiger partial charge is 0.293 e. The summed E-state index contributed by atoms with van der Waals surface area (Å²) in [7, 11) is 0. The Balaban J connectivity index is 2.83. The third-order valence-corrected chi connectivity index (χ3v) is 1.71. The Morgan fingerprint density at radius 2 is 2.33 bits per heavy atom. The molecule has 0 saturated carbocycles. The standard InChI is InChI=1S/C9H13N3O3/c1-5(2)3-10-8(14)6-7(13)9(15)12-4-11-6/h4-5,13H,3H2,1-2H3,(H,10,14)(H,11,12,15). The summed E-state index contributed by atoms with van der Waals surface area (Å²) in [4.78, 5) is 28.2. The number of hydrogen-bond acceptors (Lipinski definition) is 4. The van der Waals surface area contributed by atoms with Gasteiger partial charge < -0.3 is 15.4 Å².